The summed E-state index contributed by atoms with van der Waals surface area (Å²) in [6.45, 7) is -0.132. The van der Waals surface area contributed by atoms with Crippen molar-refractivity contribution in [2.75, 3.05) is 0 Å². The molecule has 24 heavy (non-hydrogen) atoms. The van der Waals surface area contributed by atoms with Gasteiger partial charge in [0.15, 0.2) is 0 Å². The summed E-state index contributed by atoms with van der Waals surface area (Å²) in [5, 5.41) is 2.35. The zero-order valence-corrected chi connectivity index (χ0v) is 13.5. The fourth-order valence-corrected chi connectivity index (χ4v) is 2.73. The van der Waals surface area contributed by atoms with Gasteiger partial charge in [-0.15, -0.1) is 0 Å². The van der Waals surface area contributed by atoms with Gasteiger partial charge in [-0.05, 0) is 28.5 Å². The molecule has 1 N–H and O–H groups in total. The summed E-state index contributed by atoms with van der Waals surface area (Å²) in [6.07, 6.45) is 0.173. The minimum Gasteiger partial charge on any atom is -0.272 e. The second-order valence-corrected chi connectivity index (χ2v) is 5.74. The van der Waals surface area contributed by atoms with Crippen LogP contribution >= 0.6 is 11.6 Å². The van der Waals surface area contributed by atoms with Crippen LogP contribution in [0.2, 0.25) is 5.02 Å². The van der Waals surface area contributed by atoms with Gasteiger partial charge < -0.3 is 0 Å². The van der Waals surface area contributed by atoms with E-state index in [0.29, 0.717) is 0 Å². The molecule has 122 valence electrons. The molecule has 3 aromatic carbocycles. The molecular formula is C19H15ClFNO2. The lowest BCUT2D eigenvalue weighted by Crippen LogP contribution is -2.25. The van der Waals surface area contributed by atoms with Crippen molar-refractivity contribution >= 4 is 28.3 Å². The minimum atomic E-state index is -0.467. The number of halogens is 2. The molecule has 0 aromatic heterocycles. The van der Waals surface area contributed by atoms with Crippen molar-refractivity contribution in [1.29, 1.82) is 0 Å². The molecule has 0 saturated heterocycles. The Hall–Kier alpha value is -2.43. The van der Waals surface area contributed by atoms with Crippen LogP contribution in [0.4, 0.5) is 4.39 Å². The number of nitrogens with one attached hydrogen (secondary N) is 1. The van der Waals surface area contributed by atoms with Crippen molar-refractivity contribution in [3.63, 3.8) is 0 Å². The fraction of sp³-hybridized carbons (Fsp3) is 0.105. The number of amides is 1. The van der Waals surface area contributed by atoms with Gasteiger partial charge in [0.2, 0.25) is 5.91 Å². The SMILES string of the molecule is O=C(Cc1cccc2ccccc12)NOCc1c(F)cccc1Cl. The van der Waals surface area contributed by atoms with Crippen LogP contribution in [0.25, 0.3) is 10.8 Å². The molecular weight excluding hydrogens is 329 g/mol. The average Bonchev–Trinajstić information content (AvgIpc) is 2.58. The Balaban J connectivity index is 1.62. The van der Waals surface area contributed by atoms with Gasteiger partial charge in [-0.2, -0.15) is 0 Å². The standard InChI is InChI=1S/C19H15ClFNO2/c20-17-9-4-10-18(21)16(17)12-24-22-19(23)11-14-7-3-6-13-5-1-2-8-15(13)14/h1-10H,11-12H2,(H,22,23). The van der Waals surface area contributed by atoms with Crippen LogP contribution in [0.1, 0.15) is 11.1 Å². The van der Waals surface area contributed by atoms with E-state index in [2.05, 4.69) is 5.48 Å². The van der Waals surface area contributed by atoms with Gasteiger partial charge in [-0.3, -0.25) is 9.63 Å². The van der Waals surface area contributed by atoms with Crippen molar-refractivity contribution in [2.24, 2.45) is 0 Å². The Morgan fingerprint density at radius 3 is 2.62 bits per heavy atom. The number of rotatable bonds is 5. The van der Waals surface area contributed by atoms with E-state index in [1.807, 2.05) is 42.5 Å². The Morgan fingerprint density at radius 2 is 1.79 bits per heavy atom. The second-order valence-electron chi connectivity index (χ2n) is 5.33. The maximum atomic E-state index is 13.6. The summed E-state index contributed by atoms with van der Waals surface area (Å²) >= 11 is 5.91. The second kappa shape index (κ2) is 7.43. The molecule has 0 aliphatic rings. The maximum absolute atomic E-state index is 13.6. The predicted octanol–water partition coefficient (Wildman–Crippen LogP) is 4.42. The van der Waals surface area contributed by atoms with Gasteiger partial charge in [0, 0.05) is 10.6 Å². The van der Waals surface area contributed by atoms with Gasteiger partial charge in [0.25, 0.3) is 0 Å². The first-order valence-corrected chi connectivity index (χ1v) is 7.83. The van der Waals surface area contributed by atoms with E-state index in [9.17, 15) is 9.18 Å². The van der Waals surface area contributed by atoms with Crippen LogP contribution < -0.4 is 5.48 Å². The third kappa shape index (κ3) is 3.72. The summed E-state index contributed by atoms with van der Waals surface area (Å²) in [5.41, 5.74) is 3.45. The van der Waals surface area contributed by atoms with E-state index in [1.165, 1.54) is 12.1 Å². The van der Waals surface area contributed by atoms with E-state index in [-0.39, 0.29) is 29.5 Å². The van der Waals surface area contributed by atoms with Crippen LogP contribution in [-0.4, -0.2) is 5.91 Å². The molecule has 0 heterocycles. The van der Waals surface area contributed by atoms with Crippen LogP contribution in [0.5, 0.6) is 0 Å². The summed E-state index contributed by atoms with van der Waals surface area (Å²) in [5.74, 6) is -0.774. The first-order chi connectivity index (χ1) is 11.6. The Labute approximate surface area is 144 Å². The van der Waals surface area contributed by atoms with Crippen molar-refractivity contribution in [1.82, 2.24) is 5.48 Å². The first-order valence-electron chi connectivity index (χ1n) is 7.45. The van der Waals surface area contributed by atoms with E-state index in [4.69, 9.17) is 16.4 Å². The Bertz CT molecular complexity index is 857. The molecule has 0 aliphatic carbocycles. The van der Waals surface area contributed by atoms with Crippen LogP contribution in [0, 0.1) is 5.82 Å². The quantitative estimate of drug-likeness (QED) is 0.696. The molecule has 0 spiro atoms. The molecule has 0 saturated carbocycles. The third-order valence-corrected chi connectivity index (χ3v) is 4.05. The Morgan fingerprint density at radius 1 is 1.04 bits per heavy atom. The molecule has 3 rings (SSSR count). The molecule has 0 bridgehead atoms. The van der Waals surface area contributed by atoms with Gasteiger partial charge in [0.05, 0.1) is 6.42 Å². The normalized spacial score (nSPS) is 10.8. The van der Waals surface area contributed by atoms with Crippen molar-refractivity contribution < 1.29 is 14.0 Å². The van der Waals surface area contributed by atoms with Crippen LogP contribution in [0.3, 0.4) is 0 Å². The summed E-state index contributed by atoms with van der Waals surface area (Å²) in [7, 11) is 0. The van der Waals surface area contributed by atoms with Crippen molar-refractivity contribution in [3.05, 3.63) is 82.6 Å². The van der Waals surface area contributed by atoms with Gasteiger partial charge in [-0.25, -0.2) is 9.87 Å². The number of hydrogen-bond acceptors (Lipinski definition) is 2. The number of fused-ring (bicyclic) bond motifs is 1. The van der Waals surface area contributed by atoms with Crippen LogP contribution in [-0.2, 0) is 22.7 Å². The lowest BCUT2D eigenvalue weighted by Gasteiger charge is -2.09. The average molecular weight is 344 g/mol. The summed E-state index contributed by atoms with van der Waals surface area (Å²) in [6, 6.07) is 18.0. The number of hydrogen-bond donors (Lipinski definition) is 1. The molecule has 3 nitrogen and oxygen atoms in total. The highest BCUT2D eigenvalue weighted by Gasteiger charge is 2.10. The van der Waals surface area contributed by atoms with Gasteiger partial charge >= 0.3 is 0 Å². The lowest BCUT2D eigenvalue weighted by atomic mass is 10.0. The number of benzene rings is 3. The molecule has 1 amide bonds. The van der Waals surface area contributed by atoms with Crippen LogP contribution in [0.15, 0.2) is 60.7 Å². The predicted molar refractivity (Wildman–Crippen MR) is 92.0 cm³/mol. The molecule has 0 unspecified atom stereocenters. The van der Waals surface area contributed by atoms with E-state index < -0.39 is 5.82 Å². The smallest absolute Gasteiger partial charge is 0.247 e. The number of hydroxylamine groups is 1. The summed E-state index contributed by atoms with van der Waals surface area (Å²) in [4.78, 5) is 17.2. The van der Waals surface area contributed by atoms with Gasteiger partial charge in [0.1, 0.15) is 12.4 Å². The molecule has 5 heteroatoms. The first kappa shape index (κ1) is 16.4. The maximum Gasteiger partial charge on any atom is 0.247 e. The third-order valence-electron chi connectivity index (χ3n) is 3.70. The topological polar surface area (TPSA) is 38.3 Å². The molecule has 0 atom stereocenters. The van der Waals surface area contributed by atoms with E-state index in [0.717, 1.165) is 16.3 Å². The zero-order valence-electron chi connectivity index (χ0n) is 12.8. The molecule has 3 aromatic rings. The fourth-order valence-electron chi connectivity index (χ4n) is 2.51. The van der Waals surface area contributed by atoms with E-state index >= 15 is 0 Å². The van der Waals surface area contributed by atoms with Crippen molar-refractivity contribution in [2.45, 2.75) is 13.0 Å². The molecule has 0 radical (unpaired) electrons. The molecule has 0 fully saturated rings. The van der Waals surface area contributed by atoms with Gasteiger partial charge in [-0.1, -0.05) is 60.1 Å². The Kier molecular flexibility index (Phi) is 5.08. The van der Waals surface area contributed by atoms with E-state index in [1.54, 1.807) is 6.07 Å². The summed E-state index contributed by atoms with van der Waals surface area (Å²) < 4.78 is 13.6. The van der Waals surface area contributed by atoms with Crippen molar-refractivity contribution in [3.8, 4) is 0 Å². The number of carbonyl (C=O) groups is 1. The lowest BCUT2D eigenvalue weighted by molar-refractivity contribution is -0.133. The largest absolute Gasteiger partial charge is 0.272 e. The highest BCUT2D eigenvalue weighted by Crippen LogP contribution is 2.20. The highest BCUT2D eigenvalue weighted by atomic mass is 35.5. The number of carbonyl (C=O) groups excluding carboxylic acids is 1. The highest BCUT2D eigenvalue weighted by molar-refractivity contribution is 6.31. The molecule has 0 aliphatic heterocycles. The monoisotopic (exact) mass is 343 g/mol. The zero-order chi connectivity index (χ0) is 16.9. The minimum absolute atomic E-state index is 0.132.